The number of aromatic nitrogens is 2. The highest BCUT2D eigenvalue weighted by Crippen LogP contribution is 2.46. The number of nitrogens with one attached hydrogen (secondary N) is 1. The molecule has 1 fully saturated rings. The summed E-state index contributed by atoms with van der Waals surface area (Å²) in [6.45, 7) is 7.73. The first kappa shape index (κ1) is 12.3. The SMILES string of the molecule is COc1nccnc1C1(C(C)(C)C)CCCN1. The van der Waals surface area contributed by atoms with Crippen molar-refractivity contribution in [2.45, 2.75) is 39.2 Å². The standard InChI is InChI=1S/C13H21N3O/c1-12(2,3)13(6-5-7-16-13)10-11(17-4)15-9-8-14-10/h8-9,16H,5-7H2,1-4H3. The Labute approximate surface area is 103 Å². The molecule has 2 rings (SSSR count). The number of hydrogen-bond acceptors (Lipinski definition) is 4. The molecule has 0 amide bonds. The van der Waals surface area contributed by atoms with Gasteiger partial charge in [-0.25, -0.2) is 4.98 Å². The van der Waals surface area contributed by atoms with E-state index in [1.54, 1.807) is 19.5 Å². The van der Waals surface area contributed by atoms with Gasteiger partial charge in [0.25, 0.3) is 0 Å². The highest BCUT2D eigenvalue weighted by Gasteiger charge is 2.48. The van der Waals surface area contributed by atoms with Crippen molar-refractivity contribution in [3.8, 4) is 5.88 Å². The average molecular weight is 235 g/mol. The maximum absolute atomic E-state index is 5.36. The molecule has 94 valence electrons. The molecule has 1 saturated heterocycles. The first-order valence-corrected chi connectivity index (χ1v) is 6.12. The van der Waals surface area contributed by atoms with E-state index in [1.807, 2.05) is 0 Å². The molecule has 0 aliphatic carbocycles. The summed E-state index contributed by atoms with van der Waals surface area (Å²) in [6.07, 6.45) is 5.65. The third-order valence-corrected chi connectivity index (χ3v) is 3.70. The quantitative estimate of drug-likeness (QED) is 0.853. The van der Waals surface area contributed by atoms with Gasteiger partial charge in [0.15, 0.2) is 0 Å². The van der Waals surface area contributed by atoms with Crippen LogP contribution in [-0.2, 0) is 5.54 Å². The van der Waals surface area contributed by atoms with Crippen molar-refractivity contribution < 1.29 is 4.74 Å². The van der Waals surface area contributed by atoms with E-state index in [9.17, 15) is 0 Å². The molecule has 1 aromatic heterocycles. The molecule has 4 nitrogen and oxygen atoms in total. The van der Waals surface area contributed by atoms with Gasteiger partial charge in [-0.05, 0) is 24.8 Å². The van der Waals surface area contributed by atoms with Gasteiger partial charge in [0, 0.05) is 12.4 Å². The Kier molecular flexibility index (Phi) is 3.08. The molecular weight excluding hydrogens is 214 g/mol. The van der Waals surface area contributed by atoms with E-state index in [2.05, 4.69) is 36.1 Å². The molecule has 0 saturated carbocycles. The second-order valence-electron chi connectivity index (χ2n) is 5.60. The minimum absolute atomic E-state index is 0.0762. The van der Waals surface area contributed by atoms with E-state index in [1.165, 1.54) is 0 Å². The number of nitrogens with zero attached hydrogens (tertiary/aromatic N) is 2. The molecule has 1 aliphatic rings. The molecule has 0 radical (unpaired) electrons. The van der Waals surface area contributed by atoms with Crippen molar-refractivity contribution in [2.75, 3.05) is 13.7 Å². The first-order chi connectivity index (χ1) is 8.01. The van der Waals surface area contributed by atoms with Gasteiger partial charge in [0.2, 0.25) is 5.88 Å². The fraction of sp³-hybridized carbons (Fsp3) is 0.692. The Bertz CT molecular complexity index is 392. The van der Waals surface area contributed by atoms with Crippen LogP contribution in [0.5, 0.6) is 5.88 Å². The maximum Gasteiger partial charge on any atom is 0.237 e. The molecule has 4 heteroatoms. The minimum Gasteiger partial charge on any atom is -0.480 e. The zero-order chi connectivity index (χ0) is 12.5. The van der Waals surface area contributed by atoms with Gasteiger partial charge in [0.05, 0.1) is 12.6 Å². The van der Waals surface area contributed by atoms with Crippen molar-refractivity contribution in [1.29, 1.82) is 0 Å². The lowest BCUT2D eigenvalue weighted by Crippen LogP contribution is -2.48. The normalized spacial score (nSPS) is 24.9. The molecule has 2 heterocycles. The number of hydrogen-bond donors (Lipinski definition) is 1. The first-order valence-electron chi connectivity index (χ1n) is 6.12. The molecule has 1 unspecified atom stereocenters. The fourth-order valence-electron chi connectivity index (χ4n) is 2.71. The molecular formula is C13H21N3O. The highest BCUT2D eigenvalue weighted by molar-refractivity contribution is 5.30. The van der Waals surface area contributed by atoms with E-state index in [0.29, 0.717) is 5.88 Å². The summed E-state index contributed by atoms with van der Waals surface area (Å²) >= 11 is 0. The third-order valence-electron chi connectivity index (χ3n) is 3.70. The predicted molar refractivity (Wildman–Crippen MR) is 67.0 cm³/mol. The van der Waals surface area contributed by atoms with Crippen LogP contribution in [0.25, 0.3) is 0 Å². The lowest BCUT2D eigenvalue weighted by atomic mass is 9.70. The van der Waals surface area contributed by atoms with Crippen LogP contribution in [0.3, 0.4) is 0 Å². The van der Waals surface area contributed by atoms with E-state index in [0.717, 1.165) is 25.1 Å². The molecule has 0 spiro atoms. The van der Waals surface area contributed by atoms with Crippen LogP contribution in [-0.4, -0.2) is 23.6 Å². The maximum atomic E-state index is 5.36. The van der Waals surface area contributed by atoms with Gasteiger partial charge >= 0.3 is 0 Å². The summed E-state index contributed by atoms with van der Waals surface area (Å²) in [5.74, 6) is 0.636. The largest absolute Gasteiger partial charge is 0.480 e. The van der Waals surface area contributed by atoms with Gasteiger partial charge in [0.1, 0.15) is 5.69 Å². The second-order valence-corrected chi connectivity index (χ2v) is 5.60. The summed E-state index contributed by atoms with van der Waals surface area (Å²) in [7, 11) is 1.65. The van der Waals surface area contributed by atoms with Crippen molar-refractivity contribution in [3.63, 3.8) is 0 Å². The Hall–Kier alpha value is -1.16. The second kappa shape index (κ2) is 4.26. The van der Waals surface area contributed by atoms with Crippen molar-refractivity contribution in [1.82, 2.24) is 15.3 Å². The Morgan fingerprint density at radius 2 is 2.00 bits per heavy atom. The van der Waals surface area contributed by atoms with Crippen molar-refractivity contribution in [2.24, 2.45) is 5.41 Å². The van der Waals surface area contributed by atoms with Gasteiger partial charge in [-0.15, -0.1) is 0 Å². The van der Waals surface area contributed by atoms with Crippen LogP contribution in [0, 0.1) is 5.41 Å². The Morgan fingerprint density at radius 1 is 1.29 bits per heavy atom. The minimum atomic E-state index is -0.132. The zero-order valence-electron chi connectivity index (χ0n) is 11.1. The Morgan fingerprint density at radius 3 is 2.53 bits per heavy atom. The molecule has 1 aromatic rings. The molecule has 1 aliphatic heterocycles. The van der Waals surface area contributed by atoms with E-state index < -0.39 is 0 Å². The summed E-state index contributed by atoms with van der Waals surface area (Å²) in [5.41, 5.74) is 0.881. The van der Waals surface area contributed by atoms with Crippen LogP contribution in [0.4, 0.5) is 0 Å². The van der Waals surface area contributed by atoms with Crippen molar-refractivity contribution >= 4 is 0 Å². The molecule has 1 N–H and O–H groups in total. The highest BCUT2D eigenvalue weighted by atomic mass is 16.5. The average Bonchev–Trinajstić information content (AvgIpc) is 2.78. The summed E-state index contributed by atoms with van der Waals surface area (Å²) in [6, 6.07) is 0. The Balaban J connectivity index is 2.54. The molecule has 0 bridgehead atoms. The monoisotopic (exact) mass is 235 g/mol. The summed E-state index contributed by atoms with van der Waals surface area (Å²) in [4.78, 5) is 8.80. The summed E-state index contributed by atoms with van der Waals surface area (Å²) < 4.78 is 5.36. The van der Waals surface area contributed by atoms with Crippen LogP contribution in [0.15, 0.2) is 12.4 Å². The van der Waals surface area contributed by atoms with E-state index >= 15 is 0 Å². The van der Waals surface area contributed by atoms with Crippen LogP contribution >= 0.6 is 0 Å². The lowest BCUT2D eigenvalue weighted by Gasteiger charge is -2.41. The van der Waals surface area contributed by atoms with Gasteiger partial charge in [-0.2, -0.15) is 0 Å². The van der Waals surface area contributed by atoms with Crippen LogP contribution in [0.2, 0.25) is 0 Å². The topological polar surface area (TPSA) is 47.0 Å². The smallest absolute Gasteiger partial charge is 0.237 e. The fourth-order valence-corrected chi connectivity index (χ4v) is 2.71. The zero-order valence-corrected chi connectivity index (χ0v) is 11.1. The number of rotatable bonds is 2. The number of methoxy groups -OCH3 is 1. The van der Waals surface area contributed by atoms with Crippen LogP contribution < -0.4 is 10.1 Å². The van der Waals surface area contributed by atoms with Gasteiger partial charge in [-0.3, -0.25) is 4.98 Å². The van der Waals surface area contributed by atoms with Gasteiger partial charge < -0.3 is 10.1 Å². The lowest BCUT2D eigenvalue weighted by molar-refractivity contribution is 0.149. The molecule has 17 heavy (non-hydrogen) atoms. The predicted octanol–water partition coefficient (Wildman–Crippen LogP) is 2.11. The van der Waals surface area contributed by atoms with Crippen LogP contribution in [0.1, 0.15) is 39.3 Å². The van der Waals surface area contributed by atoms with Gasteiger partial charge in [-0.1, -0.05) is 20.8 Å². The molecule has 0 aromatic carbocycles. The van der Waals surface area contributed by atoms with E-state index in [-0.39, 0.29) is 11.0 Å². The molecule has 1 atom stereocenters. The number of ether oxygens (including phenoxy) is 1. The summed E-state index contributed by atoms with van der Waals surface area (Å²) in [5, 5.41) is 3.62. The third kappa shape index (κ3) is 1.90. The van der Waals surface area contributed by atoms with Crippen molar-refractivity contribution in [3.05, 3.63) is 18.1 Å². The van der Waals surface area contributed by atoms with E-state index in [4.69, 9.17) is 4.74 Å².